The summed E-state index contributed by atoms with van der Waals surface area (Å²) in [7, 11) is 0. The van der Waals surface area contributed by atoms with Gasteiger partial charge in [-0.15, -0.1) is 0 Å². The Morgan fingerprint density at radius 3 is 2.37 bits per heavy atom. The smallest absolute Gasteiger partial charge is 0.329 e. The number of para-hydroxylation sites is 2. The van der Waals surface area contributed by atoms with E-state index in [9.17, 15) is 10.1 Å². The molecule has 7 nitrogen and oxygen atoms in total. The maximum absolute atomic E-state index is 12.9. The first-order valence-corrected chi connectivity index (χ1v) is 12.1. The van der Waals surface area contributed by atoms with E-state index in [1.54, 1.807) is 0 Å². The summed E-state index contributed by atoms with van der Waals surface area (Å²) in [6, 6.07) is 19.9. The first kappa shape index (κ1) is 24.2. The van der Waals surface area contributed by atoms with Gasteiger partial charge in [-0.3, -0.25) is 4.79 Å². The average molecular weight is 470 g/mol. The Balaban J connectivity index is 1.56. The van der Waals surface area contributed by atoms with Gasteiger partial charge < -0.3 is 14.5 Å². The Bertz CT molecular complexity index is 1210. The zero-order chi connectivity index (χ0) is 24.6. The summed E-state index contributed by atoms with van der Waals surface area (Å²) in [5.74, 6) is -0.870. The second-order valence-corrected chi connectivity index (χ2v) is 8.88. The summed E-state index contributed by atoms with van der Waals surface area (Å²) in [6.07, 6.45) is 5.12. The fourth-order valence-electron chi connectivity index (χ4n) is 3.92. The number of piperazine rings is 1. The van der Waals surface area contributed by atoms with E-state index in [1.165, 1.54) is 0 Å². The Kier molecular flexibility index (Phi) is 7.94. The third kappa shape index (κ3) is 5.96. The molecule has 4 rings (SSSR count). The average Bonchev–Trinajstić information content (AvgIpc) is 2.91. The molecular formula is C28H31N5O2. The number of rotatable bonds is 8. The van der Waals surface area contributed by atoms with Crippen molar-refractivity contribution >= 4 is 28.9 Å². The fourth-order valence-corrected chi connectivity index (χ4v) is 3.92. The van der Waals surface area contributed by atoms with Crippen molar-refractivity contribution in [2.45, 2.75) is 26.2 Å². The van der Waals surface area contributed by atoms with Crippen LogP contribution in [-0.2, 0) is 9.53 Å². The van der Waals surface area contributed by atoms with Gasteiger partial charge in [0.2, 0.25) is 0 Å². The SMILES string of the molecule is CC[C@H](C)COC(=O)[C@H](C#N)c1nc2ccccc2nc1N1CCN(/C=C/c2ccccc2)CC1. The molecule has 0 aliphatic carbocycles. The number of carbonyl (C=O) groups is 1. The molecule has 180 valence electrons. The van der Waals surface area contributed by atoms with Crippen LogP contribution in [0.2, 0.25) is 0 Å². The standard InChI is InChI=1S/C28H31N5O2/c1-3-21(2)20-35-28(34)23(19-29)26-27(31-25-12-8-7-11-24(25)30-26)33-17-15-32(16-18-33)14-13-22-9-5-4-6-10-22/h4-14,21,23H,3,15-18,20H2,1-2H3/b14-13+/t21-,23+/m0/s1. The molecule has 0 N–H and O–H groups in total. The fraction of sp³-hybridized carbons (Fsp3) is 0.357. The predicted molar refractivity (Wildman–Crippen MR) is 138 cm³/mol. The van der Waals surface area contributed by atoms with Gasteiger partial charge in [-0.1, -0.05) is 62.7 Å². The lowest BCUT2D eigenvalue weighted by Gasteiger charge is -2.35. The van der Waals surface area contributed by atoms with Gasteiger partial charge in [0, 0.05) is 26.2 Å². The lowest BCUT2D eigenvalue weighted by Crippen LogP contribution is -2.45. The van der Waals surface area contributed by atoms with Crippen molar-refractivity contribution in [1.29, 1.82) is 5.26 Å². The molecule has 2 atom stereocenters. The molecule has 1 aromatic heterocycles. The molecule has 0 unspecified atom stereocenters. The van der Waals surface area contributed by atoms with Gasteiger partial charge in [-0.2, -0.15) is 5.26 Å². The van der Waals surface area contributed by atoms with Crippen LogP contribution < -0.4 is 4.90 Å². The molecule has 2 aromatic carbocycles. The summed E-state index contributed by atoms with van der Waals surface area (Å²) >= 11 is 0. The molecule has 7 heteroatoms. The highest BCUT2D eigenvalue weighted by atomic mass is 16.5. The van der Waals surface area contributed by atoms with Crippen molar-refractivity contribution in [2.24, 2.45) is 5.92 Å². The Morgan fingerprint density at radius 2 is 1.71 bits per heavy atom. The lowest BCUT2D eigenvalue weighted by molar-refractivity contribution is -0.145. The molecular weight excluding hydrogens is 438 g/mol. The van der Waals surface area contributed by atoms with Crippen LogP contribution in [-0.4, -0.2) is 53.6 Å². The van der Waals surface area contributed by atoms with E-state index in [2.05, 4.69) is 40.3 Å². The monoisotopic (exact) mass is 469 g/mol. The zero-order valence-electron chi connectivity index (χ0n) is 20.3. The Labute approximate surface area is 206 Å². The van der Waals surface area contributed by atoms with Crippen LogP contribution in [0.25, 0.3) is 17.1 Å². The minimum Gasteiger partial charge on any atom is -0.464 e. The molecule has 0 bridgehead atoms. The predicted octanol–water partition coefficient (Wildman–Crippen LogP) is 4.62. The van der Waals surface area contributed by atoms with Crippen molar-refractivity contribution in [2.75, 3.05) is 37.7 Å². The van der Waals surface area contributed by atoms with Crippen LogP contribution in [0.15, 0.2) is 60.8 Å². The van der Waals surface area contributed by atoms with Gasteiger partial charge >= 0.3 is 5.97 Å². The zero-order valence-corrected chi connectivity index (χ0v) is 20.3. The topological polar surface area (TPSA) is 82.3 Å². The number of nitriles is 1. The van der Waals surface area contributed by atoms with E-state index in [-0.39, 0.29) is 12.5 Å². The highest BCUT2D eigenvalue weighted by Crippen LogP contribution is 2.29. The molecule has 3 aromatic rings. The third-order valence-corrected chi connectivity index (χ3v) is 6.31. The highest BCUT2D eigenvalue weighted by molar-refractivity contribution is 5.85. The lowest BCUT2D eigenvalue weighted by atomic mass is 10.1. The van der Waals surface area contributed by atoms with Crippen LogP contribution >= 0.6 is 0 Å². The number of benzene rings is 2. The van der Waals surface area contributed by atoms with Crippen LogP contribution in [0.4, 0.5) is 5.82 Å². The van der Waals surface area contributed by atoms with Gasteiger partial charge in [0.05, 0.1) is 23.7 Å². The molecule has 1 fully saturated rings. The van der Waals surface area contributed by atoms with E-state index in [1.807, 2.05) is 56.3 Å². The van der Waals surface area contributed by atoms with E-state index in [0.29, 0.717) is 30.1 Å². The van der Waals surface area contributed by atoms with Crippen LogP contribution in [0.5, 0.6) is 0 Å². The minimum atomic E-state index is -1.12. The van der Waals surface area contributed by atoms with E-state index >= 15 is 0 Å². The number of esters is 1. The first-order valence-electron chi connectivity index (χ1n) is 12.1. The second kappa shape index (κ2) is 11.5. The van der Waals surface area contributed by atoms with Crippen molar-refractivity contribution in [3.8, 4) is 6.07 Å². The van der Waals surface area contributed by atoms with E-state index in [4.69, 9.17) is 14.7 Å². The maximum Gasteiger partial charge on any atom is 0.329 e. The number of anilines is 1. The summed E-state index contributed by atoms with van der Waals surface area (Å²) in [4.78, 5) is 26.9. The number of carbonyl (C=O) groups excluding carboxylic acids is 1. The molecule has 0 radical (unpaired) electrons. The first-order chi connectivity index (χ1) is 17.1. The number of hydrogen-bond donors (Lipinski definition) is 0. The van der Waals surface area contributed by atoms with Crippen molar-refractivity contribution in [3.63, 3.8) is 0 Å². The number of fused-ring (bicyclic) bond motifs is 1. The van der Waals surface area contributed by atoms with Crippen molar-refractivity contribution in [3.05, 3.63) is 72.1 Å². The van der Waals surface area contributed by atoms with Crippen LogP contribution in [0, 0.1) is 17.2 Å². The number of aromatic nitrogens is 2. The molecule has 1 saturated heterocycles. The molecule has 0 saturated carbocycles. The molecule has 0 amide bonds. The third-order valence-electron chi connectivity index (χ3n) is 6.31. The summed E-state index contributed by atoms with van der Waals surface area (Å²) in [5, 5.41) is 9.93. The largest absolute Gasteiger partial charge is 0.464 e. The van der Waals surface area contributed by atoms with Gasteiger partial charge in [0.25, 0.3) is 0 Å². The van der Waals surface area contributed by atoms with Crippen molar-refractivity contribution < 1.29 is 9.53 Å². The molecule has 2 heterocycles. The Morgan fingerprint density at radius 1 is 1.06 bits per heavy atom. The van der Waals surface area contributed by atoms with Crippen molar-refractivity contribution in [1.82, 2.24) is 14.9 Å². The Hall–Kier alpha value is -3.92. The maximum atomic E-state index is 12.9. The number of nitrogens with zero attached hydrogens (tertiary/aromatic N) is 5. The molecule has 35 heavy (non-hydrogen) atoms. The molecule has 1 aliphatic heterocycles. The summed E-state index contributed by atoms with van der Waals surface area (Å²) < 4.78 is 5.48. The van der Waals surface area contributed by atoms with Crippen LogP contribution in [0.3, 0.4) is 0 Å². The highest BCUT2D eigenvalue weighted by Gasteiger charge is 2.31. The van der Waals surface area contributed by atoms with Gasteiger partial charge in [0.1, 0.15) is 5.69 Å². The van der Waals surface area contributed by atoms with E-state index in [0.717, 1.165) is 30.6 Å². The normalized spacial score (nSPS) is 15.7. The quantitative estimate of drug-likeness (QED) is 0.445. The van der Waals surface area contributed by atoms with Crippen LogP contribution in [0.1, 0.15) is 37.4 Å². The second-order valence-electron chi connectivity index (χ2n) is 8.88. The summed E-state index contributed by atoms with van der Waals surface area (Å²) in [6.45, 7) is 7.36. The molecule has 1 aliphatic rings. The van der Waals surface area contributed by atoms with E-state index < -0.39 is 11.9 Å². The van der Waals surface area contributed by atoms with Gasteiger partial charge in [0.15, 0.2) is 11.7 Å². The van der Waals surface area contributed by atoms with Gasteiger partial charge in [-0.25, -0.2) is 9.97 Å². The summed E-state index contributed by atoms with van der Waals surface area (Å²) in [5.41, 5.74) is 2.92. The number of hydrogen-bond acceptors (Lipinski definition) is 7. The molecule has 0 spiro atoms. The number of ether oxygens (including phenoxy) is 1. The van der Waals surface area contributed by atoms with Gasteiger partial charge in [-0.05, 0) is 35.9 Å². The minimum absolute atomic E-state index is 0.234.